The molecule has 2 heterocycles. The van der Waals surface area contributed by atoms with Crippen LogP contribution in [-0.2, 0) is 16.1 Å². The summed E-state index contributed by atoms with van der Waals surface area (Å²) < 4.78 is 5.15. The van der Waals surface area contributed by atoms with Gasteiger partial charge in [-0.3, -0.25) is 14.5 Å². The molecule has 4 amide bonds. The highest BCUT2D eigenvalue weighted by molar-refractivity contribution is 6.04. The van der Waals surface area contributed by atoms with Crippen molar-refractivity contribution in [2.24, 2.45) is 5.92 Å². The van der Waals surface area contributed by atoms with Gasteiger partial charge in [-0.05, 0) is 24.5 Å². The van der Waals surface area contributed by atoms with Gasteiger partial charge < -0.3 is 20.2 Å². The van der Waals surface area contributed by atoms with Crippen LogP contribution in [0, 0.1) is 5.92 Å². The molecule has 1 saturated heterocycles. The van der Waals surface area contributed by atoms with Crippen molar-refractivity contribution in [2.45, 2.75) is 51.7 Å². The highest BCUT2D eigenvalue weighted by atomic mass is 16.3. The van der Waals surface area contributed by atoms with Crippen LogP contribution in [0.2, 0.25) is 0 Å². The van der Waals surface area contributed by atoms with E-state index >= 15 is 0 Å². The van der Waals surface area contributed by atoms with Crippen molar-refractivity contribution in [2.75, 3.05) is 6.61 Å². The molecule has 25 heavy (non-hydrogen) atoms. The molecule has 0 aliphatic carbocycles. The zero-order valence-electron chi connectivity index (χ0n) is 14.5. The summed E-state index contributed by atoms with van der Waals surface area (Å²) in [6.45, 7) is 3.88. The van der Waals surface area contributed by atoms with Gasteiger partial charge >= 0.3 is 6.03 Å². The Bertz CT molecular complexity index is 601. The number of aliphatic hydroxyl groups is 1. The number of furan rings is 1. The lowest BCUT2D eigenvalue weighted by atomic mass is 9.99. The normalized spacial score (nSPS) is 19.6. The number of imide groups is 1. The number of nitrogens with one attached hydrogen (secondary N) is 2. The highest BCUT2D eigenvalue weighted by Crippen LogP contribution is 2.15. The summed E-state index contributed by atoms with van der Waals surface area (Å²) in [5, 5.41) is 14.7. The Hall–Kier alpha value is -2.35. The number of aliphatic hydroxyl groups excluding tert-OH is 1. The molecule has 1 aromatic rings. The Labute approximate surface area is 146 Å². The van der Waals surface area contributed by atoms with Crippen molar-refractivity contribution in [1.82, 2.24) is 15.5 Å². The zero-order valence-corrected chi connectivity index (χ0v) is 14.5. The summed E-state index contributed by atoms with van der Waals surface area (Å²) in [7, 11) is 0. The van der Waals surface area contributed by atoms with Crippen molar-refractivity contribution in [3.8, 4) is 0 Å². The number of hydrogen-bond acceptors (Lipinski definition) is 5. The van der Waals surface area contributed by atoms with Crippen LogP contribution >= 0.6 is 0 Å². The summed E-state index contributed by atoms with van der Waals surface area (Å²) >= 11 is 0. The predicted molar refractivity (Wildman–Crippen MR) is 89.3 cm³/mol. The van der Waals surface area contributed by atoms with Crippen molar-refractivity contribution < 1.29 is 23.9 Å². The van der Waals surface area contributed by atoms with Gasteiger partial charge in [0.15, 0.2) is 0 Å². The Kier molecular flexibility index (Phi) is 6.58. The van der Waals surface area contributed by atoms with E-state index in [9.17, 15) is 19.5 Å². The first kappa shape index (κ1) is 19.0. The Morgan fingerprint density at radius 3 is 2.84 bits per heavy atom. The van der Waals surface area contributed by atoms with Gasteiger partial charge in [-0.1, -0.05) is 20.3 Å². The Morgan fingerprint density at radius 1 is 1.48 bits per heavy atom. The number of rotatable bonds is 9. The van der Waals surface area contributed by atoms with E-state index in [1.165, 1.54) is 6.26 Å². The Balaban J connectivity index is 1.83. The molecule has 0 bridgehead atoms. The number of hydrogen-bond donors (Lipinski definition) is 3. The molecule has 2 rings (SSSR count). The quantitative estimate of drug-likeness (QED) is 0.575. The largest absolute Gasteiger partial charge is 0.467 e. The van der Waals surface area contributed by atoms with Crippen molar-refractivity contribution in [3.05, 3.63) is 24.2 Å². The fraction of sp³-hybridized carbons (Fsp3) is 0.588. The standard InChI is InChI=1S/C17H25N3O5/c1-3-11(2)14(10-21)18-15(22)7-6-13-16(23)20(17(24)19-13)9-12-5-4-8-25-12/h4-5,8,11,13-14,21H,3,6-7,9-10H2,1-2H3,(H,18,22)(H,19,24)/t11-,13+,14-/m0/s1. The molecule has 1 fully saturated rings. The number of urea groups is 1. The monoisotopic (exact) mass is 351 g/mol. The maximum absolute atomic E-state index is 12.3. The molecule has 3 N–H and O–H groups in total. The zero-order chi connectivity index (χ0) is 18.4. The van der Waals surface area contributed by atoms with Gasteiger partial charge in [-0.25, -0.2) is 4.79 Å². The molecule has 0 spiro atoms. The number of nitrogens with zero attached hydrogens (tertiary/aromatic N) is 1. The van der Waals surface area contributed by atoms with Gasteiger partial charge in [0.1, 0.15) is 11.8 Å². The first-order valence-corrected chi connectivity index (χ1v) is 8.50. The van der Waals surface area contributed by atoms with E-state index in [2.05, 4.69) is 10.6 Å². The first-order chi connectivity index (χ1) is 12.0. The fourth-order valence-corrected chi connectivity index (χ4v) is 2.69. The van der Waals surface area contributed by atoms with Crippen LogP contribution in [0.4, 0.5) is 4.79 Å². The molecule has 1 aliphatic rings. The van der Waals surface area contributed by atoms with Gasteiger partial charge in [0.25, 0.3) is 5.91 Å². The molecule has 1 aliphatic heterocycles. The van der Waals surface area contributed by atoms with Crippen LogP contribution in [-0.4, -0.2) is 46.5 Å². The molecule has 0 aromatic carbocycles. The maximum Gasteiger partial charge on any atom is 0.325 e. The minimum absolute atomic E-state index is 0.0704. The van der Waals surface area contributed by atoms with Crippen LogP contribution < -0.4 is 10.6 Å². The average molecular weight is 351 g/mol. The van der Waals surface area contributed by atoms with Gasteiger partial charge in [0.2, 0.25) is 5.91 Å². The third kappa shape index (κ3) is 4.82. The van der Waals surface area contributed by atoms with E-state index in [1.807, 2.05) is 13.8 Å². The lowest BCUT2D eigenvalue weighted by Gasteiger charge is -2.22. The van der Waals surface area contributed by atoms with Crippen LogP contribution in [0.15, 0.2) is 22.8 Å². The van der Waals surface area contributed by atoms with Gasteiger partial charge in [-0.15, -0.1) is 0 Å². The summed E-state index contributed by atoms with van der Waals surface area (Å²) in [6, 6.07) is 1.86. The van der Waals surface area contributed by atoms with Gasteiger partial charge in [0.05, 0.1) is 25.5 Å². The second kappa shape index (κ2) is 8.66. The predicted octanol–water partition coefficient (Wildman–Crippen LogP) is 1.00. The molecule has 8 nitrogen and oxygen atoms in total. The molecule has 0 saturated carbocycles. The van der Waals surface area contributed by atoms with E-state index in [4.69, 9.17) is 4.42 Å². The topological polar surface area (TPSA) is 112 Å². The average Bonchev–Trinajstić information content (AvgIpc) is 3.21. The second-order valence-corrected chi connectivity index (χ2v) is 6.29. The summed E-state index contributed by atoms with van der Waals surface area (Å²) in [5.41, 5.74) is 0. The third-order valence-corrected chi connectivity index (χ3v) is 4.54. The molecule has 3 atom stereocenters. The van der Waals surface area contributed by atoms with Crippen LogP contribution in [0.5, 0.6) is 0 Å². The van der Waals surface area contributed by atoms with Crippen molar-refractivity contribution >= 4 is 17.8 Å². The third-order valence-electron chi connectivity index (χ3n) is 4.54. The number of amides is 4. The SMILES string of the molecule is CC[C@H](C)[C@H](CO)NC(=O)CC[C@H]1NC(=O)N(Cc2ccco2)C1=O. The van der Waals surface area contributed by atoms with E-state index in [0.29, 0.717) is 5.76 Å². The lowest BCUT2D eigenvalue weighted by Crippen LogP contribution is -2.42. The van der Waals surface area contributed by atoms with Crippen molar-refractivity contribution in [3.63, 3.8) is 0 Å². The van der Waals surface area contributed by atoms with Crippen LogP contribution in [0.3, 0.4) is 0 Å². The molecule has 0 radical (unpaired) electrons. The lowest BCUT2D eigenvalue weighted by molar-refractivity contribution is -0.128. The smallest absolute Gasteiger partial charge is 0.325 e. The molecular formula is C17H25N3O5. The van der Waals surface area contributed by atoms with Gasteiger partial charge in [0, 0.05) is 6.42 Å². The first-order valence-electron chi connectivity index (χ1n) is 8.50. The van der Waals surface area contributed by atoms with Crippen molar-refractivity contribution in [1.29, 1.82) is 0 Å². The fourth-order valence-electron chi connectivity index (χ4n) is 2.69. The molecule has 138 valence electrons. The maximum atomic E-state index is 12.3. The molecule has 8 heteroatoms. The second-order valence-electron chi connectivity index (χ2n) is 6.29. The minimum Gasteiger partial charge on any atom is -0.467 e. The summed E-state index contributed by atoms with van der Waals surface area (Å²) in [5.74, 6) is 0.0625. The molecule has 0 unspecified atom stereocenters. The van der Waals surface area contributed by atoms with E-state index in [0.717, 1.165) is 11.3 Å². The minimum atomic E-state index is -0.718. The molecular weight excluding hydrogens is 326 g/mol. The van der Waals surface area contributed by atoms with E-state index < -0.39 is 12.1 Å². The van der Waals surface area contributed by atoms with Crippen LogP contribution in [0.1, 0.15) is 38.9 Å². The van der Waals surface area contributed by atoms with Gasteiger partial charge in [-0.2, -0.15) is 0 Å². The number of carbonyl (C=O) groups excluding carboxylic acids is 3. The highest BCUT2D eigenvalue weighted by Gasteiger charge is 2.38. The Morgan fingerprint density at radius 2 is 2.24 bits per heavy atom. The van der Waals surface area contributed by atoms with Crippen LogP contribution in [0.25, 0.3) is 0 Å². The number of carbonyl (C=O) groups is 3. The van der Waals surface area contributed by atoms with E-state index in [-0.39, 0.29) is 49.8 Å². The summed E-state index contributed by atoms with van der Waals surface area (Å²) in [4.78, 5) is 37.4. The summed E-state index contributed by atoms with van der Waals surface area (Å²) in [6.07, 6.45) is 2.62. The van der Waals surface area contributed by atoms with E-state index in [1.54, 1.807) is 12.1 Å². The molecule has 1 aromatic heterocycles.